The molecular weight excluding hydrogens is 394 g/mol. The van der Waals surface area contributed by atoms with E-state index in [-0.39, 0.29) is 11.9 Å². The van der Waals surface area contributed by atoms with Crippen LogP contribution in [-0.2, 0) is 6.54 Å². The van der Waals surface area contributed by atoms with Crippen LogP contribution in [0.4, 0.5) is 0 Å². The minimum atomic E-state index is -0.0331. The maximum atomic E-state index is 12.6. The third-order valence-corrected chi connectivity index (χ3v) is 5.85. The van der Waals surface area contributed by atoms with E-state index in [0.717, 1.165) is 30.4 Å². The number of carbonyl (C=O) groups excluding carboxylic acids is 1. The minimum Gasteiger partial charge on any atom is -0.350 e. The fourth-order valence-electron chi connectivity index (χ4n) is 3.92. The molecule has 4 aromatic rings. The molecule has 4 rings (SSSR count). The Labute approximate surface area is 190 Å². The number of fused-ring (bicyclic) bond motifs is 1. The zero-order valence-corrected chi connectivity index (χ0v) is 19.1. The van der Waals surface area contributed by atoms with E-state index < -0.39 is 0 Å². The zero-order valence-electron chi connectivity index (χ0n) is 19.1. The summed E-state index contributed by atoms with van der Waals surface area (Å²) in [6, 6.07) is 25.0. The van der Waals surface area contributed by atoms with Crippen molar-refractivity contribution in [2.45, 2.75) is 46.2 Å². The summed E-state index contributed by atoms with van der Waals surface area (Å²) in [6.07, 6.45) is 3.95. The monoisotopic (exact) mass is 425 g/mol. The van der Waals surface area contributed by atoms with Gasteiger partial charge in [0.15, 0.2) is 0 Å². The van der Waals surface area contributed by atoms with Gasteiger partial charge in [0.1, 0.15) is 0 Å². The first-order valence-electron chi connectivity index (χ1n) is 11.4. The lowest BCUT2D eigenvalue weighted by atomic mass is 10.0. The molecule has 0 fully saturated rings. The predicted molar refractivity (Wildman–Crippen MR) is 132 cm³/mol. The molecule has 0 saturated carbocycles. The van der Waals surface area contributed by atoms with Crippen LogP contribution in [0.1, 0.15) is 49.5 Å². The molecule has 0 aliphatic rings. The first-order chi connectivity index (χ1) is 15.5. The minimum absolute atomic E-state index is 0.0331. The van der Waals surface area contributed by atoms with Crippen molar-refractivity contribution in [2.75, 3.05) is 0 Å². The summed E-state index contributed by atoms with van der Waals surface area (Å²) in [5.74, 6) is 0.610. The number of aromatic nitrogens is 2. The fraction of sp³-hybridized carbons (Fsp3) is 0.286. The summed E-state index contributed by atoms with van der Waals surface area (Å²) in [7, 11) is 0. The highest BCUT2D eigenvalue weighted by Gasteiger charge is 2.13. The number of hydrogen-bond acceptors (Lipinski definition) is 2. The van der Waals surface area contributed by atoms with Gasteiger partial charge in [0.2, 0.25) is 0 Å². The van der Waals surface area contributed by atoms with E-state index in [4.69, 9.17) is 0 Å². The Kier molecular flexibility index (Phi) is 6.69. The van der Waals surface area contributed by atoms with Crippen LogP contribution in [-0.4, -0.2) is 21.5 Å². The zero-order chi connectivity index (χ0) is 22.5. The Balaban J connectivity index is 1.44. The highest BCUT2D eigenvalue weighted by Crippen LogP contribution is 2.21. The van der Waals surface area contributed by atoms with Crippen molar-refractivity contribution in [2.24, 2.45) is 5.92 Å². The summed E-state index contributed by atoms with van der Waals surface area (Å²) in [4.78, 5) is 17.2. The molecule has 4 heteroatoms. The van der Waals surface area contributed by atoms with E-state index in [9.17, 15) is 4.79 Å². The molecule has 0 aliphatic heterocycles. The Hall–Kier alpha value is -3.40. The van der Waals surface area contributed by atoms with E-state index in [1.807, 2.05) is 30.6 Å². The number of amides is 1. The third-order valence-electron chi connectivity index (χ3n) is 5.85. The Morgan fingerprint density at radius 2 is 1.62 bits per heavy atom. The Morgan fingerprint density at radius 1 is 0.906 bits per heavy atom. The first-order valence-corrected chi connectivity index (χ1v) is 11.4. The molecule has 1 atom stereocenters. The maximum Gasteiger partial charge on any atom is 0.251 e. The second kappa shape index (κ2) is 9.82. The van der Waals surface area contributed by atoms with Gasteiger partial charge in [-0.25, -0.2) is 4.98 Å². The number of rotatable bonds is 8. The van der Waals surface area contributed by atoms with Gasteiger partial charge in [-0.3, -0.25) is 4.79 Å². The number of hydrogen-bond donors (Lipinski definition) is 1. The van der Waals surface area contributed by atoms with Crippen LogP contribution in [0.25, 0.3) is 22.2 Å². The fourth-order valence-corrected chi connectivity index (χ4v) is 3.92. The van der Waals surface area contributed by atoms with Crippen LogP contribution in [0, 0.1) is 5.92 Å². The van der Waals surface area contributed by atoms with Crippen molar-refractivity contribution in [3.63, 3.8) is 0 Å². The summed E-state index contributed by atoms with van der Waals surface area (Å²) in [5, 5.41) is 3.11. The van der Waals surface area contributed by atoms with Crippen LogP contribution in [0.5, 0.6) is 0 Å². The quantitative estimate of drug-likeness (QED) is 0.360. The van der Waals surface area contributed by atoms with Gasteiger partial charge in [-0.05, 0) is 60.6 Å². The largest absolute Gasteiger partial charge is 0.350 e. The second-order valence-electron chi connectivity index (χ2n) is 8.98. The van der Waals surface area contributed by atoms with Crippen molar-refractivity contribution in [1.29, 1.82) is 0 Å². The van der Waals surface area contributed by atoms with Gasteiger partial charge in [-0.15, -0.1) is 0 Å². The van der Waals surface area contributed by atoms with Gasteiger partial charge < -0.3 is 9.88 Å². The van der Waals surface area contributed by atoms with Gasteiger partial charge in [0, 0.05) is 18.2 Å². The number of nitrogens with one attached hydrogen (secondary N) is 1. The molecule has 0 spiro atoms. The normalized spacial score (nSPS) is 12.2. The van der Waals surface area contributed by atoms with Crippen LogP contribution < -0.4 is 5.32 Å². The highest BCUT2D eigenvalue weighted by molar-refractivity contribution is 5.97. The van der Waals surface area contributed by atoms with Crippen LogP contribution in [0.2, 0.25) is 0 Å². The van der Waals surface area contributed by atoms with Crippen molar-refractivity contribution in [3.8, 4) is 11.1 Å². The average Bonchev–Trinajstić information content (AvgIpc) is 3.20. The number of nitrogens with zero attached hydrogens (tertiary/aromatic N) is 2. The van der Waals surface area contributed by atoms with Gasteiger partial charge in [-0.2, -0.15) is 0 Å². The lowest BCUT2D eigenvalue weighted by molar-refractivity contribution is 0.0937. The molecule has 0 radical (unpaired) electrons. The van der Waals surface area contributed by atoms with Crippen molar-refractivity contribution in [1.82, 2.24) is 14.9 Å². The third kappa shape index (κ3) is 5.25. The number of benzene rings is 3. The molecule has 1 amide bonds. The second-order valence-corrected chi connectivity index (χ2v) is 8.98. The summed E-state index contributed by atoms with van der Waals surface area (Å²) < 4.78 is 2.12. The molecule has 3 aromatic carbocycles. The molecule has 1 aromatic heterocycles. The smallest absolute Gasteiger partial charge is 0.251 e. The molecule has 1 N–H and O–H groups in total. The molecule has 0 aliphatic carbocycles. The summed E-state index contributed by atoms with van der Waals surface area (Å²) in [6.45, 7) is 7.22. The van der Waals surface area contributed by atoms with E-state index in [0.29, 0.717) is 11.5 Å². The van der Waals surface area contributed by atoms with Crippen molar-refractivity contribution >= 4 is 16.9 Å². The van der Waals surface area contributed by atoms with Crippen LogP contribution >= 0.6 is 0 Å². The van der Waals surface area contributed by atoms with Gasteiger partial charge in [0.05, 0.1) is 17.4 Å². The maximum absolute atomic E-state index is 12.6. The molecule has 1 unspecified atom stereocenters. The molecular formula is C28H31N3O. The van der Waals surface area contributed by atoms with E-state index in [1.165, 1.54) is 16.7 Å². The number of imidazole rings is 1. The number of carbonyl (C=O) groups is 1. The molecule has 32 heavy (non-hydrogen) atoms. The van der Waals surface area contributed by atoms with E-state index >= 15 is 0 Å². The Bertz CT molecular complexity index is 1180. The highest BCUT2D eigenvalue weighted by atomic mass is 16.1. The molecule has 4 nitrogen and oxygen atoms in total. The van der Waals surface area contributed by atoms with E-state index in [2.05, 4.69) is 84.2 Å². The predicted octanol–water partition coefficient (Wildman–Crippen LogP) is 6.31. The van der Waals surface area contributed by atoms with Crippen molar-refractivity contribution in [3.05, 3.63) is 90.3 Å². The summed E-state index contributed by atoms with van der Waals surface area (Å²) in [5.41, 5.74) is 6.17. The van der Waals surface area contributed by atoms with Crippen LogP contribution in [0.15, 0.2) is 79.1 Å². The molecule has 0 saturated heterocycles. The van der Waals surface area contributed by atoms with Crippen molar-refractivity contribution < 1.29 is 4.79 Å². The average molecular weight is 426 g/mol. The molecule has 1 heterocycles. The van der Waals surface area contributed by atoms with Gasteiger partial charge in [0.25, 0.3) is 5.91 Å². The topological polar surface area (TPSA) is 46.9 Å². The molecule has 164 valence electrons. The Morgan fingerprint density at radius 3 is 2.34 bits per heavy atom. The standard InChI is InChI=1S/C28H31N3O/c1-20(2)9-10-21(3)30-28(32)25-15-16-27-26(17-25)29-19-31(27)18-22-11-13-24(14-12-22)23-7-5-4-6-8-23/h4-8,11-17,19-21H,9-10,18H2,1-3H3,(H,30,32). The van der Waals surface area contributed by atoms with Gasteiger partial charge >= 0.3 is 0 Å². The van der Waals surface area contributed by atoms with E-state index in [1.54, 1.807) is 0 Å². The van der Waals surface area contributed by atoms with Gasteiger partial charge in [-0.1, -0.05) is 68.4 Å². The SMILES string of the molecule is CC(C)CCC(C)NC(=O)c1ccc2c(c1)ncn2Cc1ccc(-c2ccccc2)cc1. The van der Waals surface area contributed by atoms with Crippen LogP contribution in [0.3, 0.4) is 0 Å². The first kappa shape index (κ1) is 21.8. The lowest BCUT2D eigenvalue weighted by Crippen LogP contribution is -2.32. The lowest BCUT2D eigenvalue weighted by Gasteiger charge is -2.15. The summed E-state index contributed by atoms with van der Waals surface area (Å²) >= 11 is 0. The molecule has 0 bridgehead atoms.